The molecule has 1 atom stereocenters. The first-order chi connectivity index (χ1) is 13.8. The summed E-state index contributed by atoms with van der Waals surface area (Å²) in [5.74, 6) is -0.219. The maximum atomic E-state index is 13.1. The van der Waals surface area contributed by atoms with Gasteiger partial charge in [0.15, 0.2) is 0 Å². The van der Waals surface area contributed by atoms with Crippen molar-refractivity contribution < 1.29 is 23.1 Å². The lowest BCUT2D eigenvalue weighted by atomic mass is 9.90. The molecule has 1 saturated carbocycles. The van der Waals surface area contributed by atoms with Crippen LogP contribution in [0.3, 0.4) is 0 Å². The molecule has 164 valence electrons. The Bertz CT molecular complexity index is 813. The number of ether oxygens (including phenoxy) is 1. The van der Waals surface area contributed by atoms with Crippen LogP contribution < -0.4 is 4.72 Å². The number of carbonyl (C=O) groups excluding carboxylic acids is 1. The first-order valence-electron chi connectivity index (χ1n) is 10.4. The van der Waals surface area contributed by atoms with Gasteiger partial charge in [0.05, 0.1) is 18.8 Å². The number of carbonyl (C=O) groups is 1. The van der Waals surface area contributed by atoms with Gasteiger partial charge in [-0.25, -0.2) is 17.9 Å². The van der Waals surface area contributed by atoms with Gasteiger partial charge in [0.2, 0.25) is 0 Å². The Morgan fingerprint density at radius 2 is 2.07 bits per heavy atom. The molecule has 2 N–H and O–H groups in total. The molecular formula is C20H32N2O5S2. The number of hydrogen-bond donors (Lipinski definition) is 2. The van der Waals surface area contributed by atoms with E-state index in [1.807, 2.05) is 0 Å². The van der Waals surface area contributed by atoms with E-state index in [2.05, 4.69) is 9.62 Å². The van der Waals surface area contributed by atoms with Crippen LogP contribution in [-0.4, -0.2) is 57.2 Å². The van der Waals surface area contributed by atoms with Crippen molar-refractivity contribution in [2.24, 2.45) is 5.92 Å². The molecule has 0 bridgehead atoms. The second-order valence-corrected chi connectivity index (χ2v) is 11.2. The topological polar surface area (TPSA) is 95.9 Å². The predicted molar refractivity (Wildman–Crippen MR) is 113 cm³/mol. The van der Waals surface area contributed by atoms with Crippen molar-refractivity contribution >= 4 is 27.3 Å². The van der Waals surface area contributed by atoms with Gasteiger partial charge >= 0.3 is 5.97 Å². The van der Waals surface area contributed by atoms with E-state index in [9.17, 15) is 18.3 Å². The molecule has 1 aliphatic heterocycles. The van der Waals surface area contributed by atoms with Crippen molar-refractivity contribution in [3.63, 3.8) is 0 Å². The highest BCUT2D eigenvalue weighted by Crippen LogP contribution is 2.37. The smallest absolute Gasteiger partial charge is 0.340 e. The van der Waals surface area contributed by atoms with Crippen LogP contribution in [0.2, 0.25) is 0 Å². The summed E-state index contributed by atoms with van der Waals surface area (Å²) in [5.41, 5.74) is 1.01. The number of rotatable bonds is 8. The van der Waals surface area contributed by atoms with Crippen molar-refractivity contribution in [1.82, 2.24) is 9.62 Å². The Morgan fingerprint density at radius 3 is 2.72 bits per heavy atom. The fraction of sp³-hybridized carbons (Fsp3) is 0.750. The molecule has 2 heterocycles. The number of nitrogens with one attached hydrogen (secondary N) is 1. The number of sulfonamides is 1. The van der Waals surface area contributed by atoms with Gasteiger partial charge in [-0.1, -0.05) is 19.3 Å². The Labute approximate surface area is 177 Å². The van der Waals surface area contributed by atoms with Crippen molar-refractivity contribution in [2.75, 3.05) is 26.7 Å². The highest BCUT2D eigenvalue weighted by atomic mass is 32.2. The lowest BCUT2D eigenvalue weighted by Crippen LogP contribution is -2.32. The lowest BCUT2D eigenvalue weighted by Gasteiger charge is -2.27. The molecule has 0 aromatic carbocycles. The van der Waals surface area contributed by atoms with Gasteiger partial charge in [-0.3, -0.25) is 4.90 Å². The highest BCUT2D eigenvalue weighted by Gasteiger charge is 2.34. The van der Waals surface area contributed by atoms with Crippen molar-refractivity contribution in [3.8, 4) is 0 Å². The summed E-state index contributed by atoms with van der Waals surface area (Å²) in [7, 11) is -2.49. The Balaban J connectivity index is 1.81. The zero-order valence-corrected chi connectivity index (χ0v) is 18.9. The molecule has 7 nitrogen and oxygen atoms in total. The number of hydrogen-bond acceptors (Lipinski definition) is 7. The molecule has 3 rings (SSSR count). The van der Waals surface area contributed by atoms with E-state index in [0.29, 0.717) is 31.8 Å². The van der Waals surface area contributed by atoms with Gasteiger partial charge in [0, 0.05) is 31.1 Å². The molecule has 0 spiro atoms. The third kappa shape index (κ3) is 5.58. The maximum Gasteiger partial charge on any atom is 0.340 e. The Morgan fingerprint density at radius 1 is 1.34 bits per heavy atom. The zero-order valence-electron chi connectivity index (χ0n) is 17.3. The lowest BCUT2D eigenvalue weighted by molar-refractivity contribution is 0.0595. The second kappa shape index (κ2) is 9.87. The standard InChI is InChI=1S/C20H32N2O5S2/c1-14(23)8-10-22-11-9-16-17(13-22)28-20(18(16)19(24)27-2)29(25,26)21-12-15-6-4-3-5-7-15/h14-15,21,23H,3-13H2,1-2H3. The van der Waals surface area contributed by atoms with Gasteiger partial charge in [0.1, 0.15) is 4.21 Å². The van der Waals surface area contributed by atoms with Crippen molar-refractivity contribution in [3.05, 3.63) is 16.0 Å². The average molecular weight is 445 g/mol. The molecule has 29 heavy (non-hydrogen) atoms. The number of thiophene rings is 1. The van der Waals surface area contributed by atoms with E-state index in [-0.39, 0.29) is 15.9 Å². The fourth-order valence-corrected chi connectivity index (χ4v) is 7.26. The van der Waals surface area contributed by atoms with Crippen LogP contribution >= 0.6 is 11.3 Å². The number of aliphatic hydroxyl groups excluding tert-OH is 1. The van der Waals surface area contributed by atoms with Gasteiger partial charge in [0.25, 0.3) is 10.0 Å². The second-order valence-electron chi connectivity index (χ2n) is 8.18. The van der Waals surface area contributed by atoms with E-state index in [4.69, 9.17) is 4.74 Å². The molecule has 9 heteroatoms. The quantitative estimate of drug-likeness (QED) is 0.598. The molecule has 0 amide bonds. The van der Waals surface area contributed by atoms with E-state index in [0.717, 1.165) is 49.2 Å². The first-order valence-corrected chi connectivity index (χ1v) is 12.7. The summed E-state index contributed by atoms with van der Waals surface area (Å²) in [6.45, 7) is 4.25. The minimum absolute atomic E-state index is 0.0857. The average Bonchev–Trinajstić information content (AvgIpc) is 3.11. The van der Waals surface area contributed by atoms with Gasteiger partial charge in [-0.05, 0) is 44.1 Å². The largest absolute Gasteiger partial charge is 0.465 e. The predicted octanol–water partition coefficient (Wildman–Crippen LogP) is 2.52. The first kappa shape index (κ1) is 22.7. The SMILES string of the molecule is COC(=O)c1c(S(=O)(=O)NCC2CCCCC2)sc2c1CCN(CCC(C)O)C2. The van der Waals surface area contributed by atoms with Gasteiger partial charge in [-0.15, -0.1) is 11.3 Å². The van der Waals surface area contributed by atoms with Crippen molar-refractivity contribution in [2.45, 2.75) is 68.7 Å². The van der Waals surface area contributed by atoms with Crippen LogP contribution in [-0.2, 0) is 27.7 Å². The van der Waals surface area contributed by atoms with Crippen molar-refractivity contribution in [1.29, 1.82) is 0 Å². The van der Waals surface area contributed by atoms with E-state index >= 15 is 0 Å². The molecule has 0 saturated heterocycles. The van der Waals surface area contributed by atoms with Crippen LogP contribution in [0.25, 0.3) is 0 Å². The molecular weight excluding hydrogens is 412 g/mol. The van der Waals surface area contributed by atoms with Crippen LogP contribution in [0.1, 0.15) is 66.2 Å². The summed E-state index contributed by atoms with van der Waals surface area (Å²) < 4.78 is 33.9. The maximum absolute atomic E-state index is 13.1. The number of methoxy groups -OCH3 is 1. The van der Waals surface area contributed by atoms with Crippen LogP contribution in [0.5, 0.6) is 0 Å². The molecule has 1 aliphatic carbocycles. The van der Waals surface area contributed by atoms with Gasteiger partial charge < -0.3 is 9.84 Å². The number of fused-ring (bicyclic) bond motifs is 1. The van der Waals surface area contributed by atoms with Crippen LogP contribution in [0.4, 0.5) is 0 Å². The van der Waals surface area contributed by atoms with E-state index in [1.54, 1.807) is 6.92 Å². The summed E-state index contributed by atoms with van der Waals surface area (Å²) in [6, 6.07) is 0. The van der Waals surface area contributed by atoms with Crippen LogP contribution in [0, 0.1) is 5.92 Å². The fourth-order valence-electron chi connectivity index (χ4n) is 4.17. The highest BCUT2D eigenvalue weighted by molar-refractivity contribution is 7.91. The Hall–Kier alpha value is -1.00. The molecule has 1 unspecified atom stereocenters. The molecule has 1 fully saturated rings. The summed E-state index contributed by atoms with van der Waals surface area (Å²) in [4.78, 5) is 15.6. The van der Waals surface area contributed by atoms with Gasteiger partial charge in [-0.2, -0.15) is 0 Å². The monoisotopic (exact) mass is 444 g/mol. The third-order valence-electron chi connectivity index (χ3n) is 5.89. The summed E-state index contributed by atoms with van der Waals surface area (Å²) >= 11 is 1.18. The molecule has 1 aromatic heterocycles. The molecule has 0 radical (unpaired) electrons. The zero-order chi connectivity index (χ0) is 21.0. The minimum Gasteiger partial charge on any atom is -0.465 e. The van der Waals surface area contributed by atoms with Crippen LogP contribution in [0.15, 0.2) is 4.21 Å². The summed E-state index contributed by atoms with van der Waals surface area (Å²) in [5, 5.41) is 9.53. The molecule has 2 aliphatic rings. The van der Waals surface area contributed by atoms with E-state index in [1.165, 1.54) is 24.9 Å². The molecule has 1 aromatic rings. The third-order valence-corrected chi connectivity index (χ3v) is 9.05. The normalized spacial score (nSPS) is 19.7. The number of aliphatic hydroxyl groups is 1. The number of esters is 1. The minimum atomic E-state index is -3.77. The number of nitrogens with zero attached hydrogens (tertiary/aromatic N) is 1. The summed E-state index contributed by atoms with van der Waals surface area (Å²) in [6.07, 6.45) is 6.51. The van der Waals surface area contributed by atoms with E-state index < -0.39 is 16.0 Å². The Kier molecular flexibility index (Phi) is 7.72.